The maximum Gasteiger partial charge on any atom is 0.410 e. The Bertz CT molecular complexity index is 1440. The van der Waals surface area contributed by atoms with Crippen molar-refractivity contribution in [3.63, 3.8) is 0 Å². The van der Waals surface area contributed by atoms with E-state index in [2.05, 4.69) is 30.3 Å². The molecule has 0 saturated carbocycles. The van der Waals surface area contributed by atoms with Crippen LogP contribution in [0.15, 0.2) is 47.5 Å². The van der Waals surface area contributed by atoms with Crippen molar-refractivity contribution < 1.29 is 19.0 Å². The molecule has 0 aliphatic carbocycles. The minimum atomic E-state index is -0.555. The highest BCUT2D eigenvalue weighted by atomic mass is 35.5. The number of aliphatic imine (C=N–C) groups is 1. The van der Waals surface area contributed by atoms with Crippen molar-refractivity contribution in [2.24, 2.45) is 10.9 Å². The first kappa shape index (κ1) is 24.3. The molecule has 37 heavy (non-hydrogen) atoms. The van der Waals surface area contributed by atoms with Crippen molar-refractivity contribution in [1.29, 1.82) is 0 Å². The van der Waals surface area contributed by atoms with Gasteiger partial charge in [-0.15, -0.1) is 0 Å². The summed E-state index contributed by atoms with van der Waals surface area (Å²) in [5.41, 5.74) is 5.93. The van der Waals surface area contributed by atoms with E-state index >= 15 is 0 Å². The molecule has 7 heteroatoms. The summed E-state index contributed by atoms with van der Waals surface area (Å²) in [4.78, 5) is 20.0. The number of nitrogens with zero attached hydrogens (tertiary/aromatic N) is 2. The largest absolute Gasteiger partial charge is 0.488 e. The quantitative estimate of drug-likeness (QED) is 0.376. The lowest BCUT2D eigenvalue weighted by Crippen LogP contribution is -2.43. The van der Waals surface area contributed by atoms with Crippen molar-refractivity contribution in [1.82, 2.24) is 4.90 Å². The molecule has 0 bridgehead atoms. The van der Waals surface area contributed by atoms with Crippen LogP contribution in [0.3, 0.4) is 0 Å². The fraction of sp³-hybridized carbons (Fsp3) is 0.400. The monoisotopic (exact) mass is 518 g/mol. The molecule has 3 aromatic carbocycles. The summed E-state index contributed by atoms with van der Waals surface area (Å²) >= 11 is 6.21. The van der Waals surface area contributed by atoms with Gasteiger partial charge in [0.2, 0.25) is 0 Å². The average molecular weight is 519 g/mol. The highest BCUT2D eigenvalue weighted by molar-refractivity contribution is 6.30. The first-order valence-corrected chi connectivity index (χ1v) is 13.2. The zero-order valence-electron chi connectivity index (χ0n) is 21.6. The normalized spacial score (nSPS) is 20.2. The topological polar surface area (TPSA) is 60.4 Å². The van der Waals surface area contributed by atoms with Gasteiger partial charge < -0.3 is 14.2 Å². The SMILES string of the molecule is COC[C@H]1C[C@@H](C2=Nc3ccc4cc5c(cc4c3C2)OCc2cc(Cl)ccc2-5)N(C(=O)OC(C)(C)C)C1. The number of hydrogen-bond donors (Lipinski definition) is 0. The summed E-state index contributed by atoms with van der Waals surface area (Å²) in [6, 6.07) is 14.4. The van der Waals surface area contributed by atoms with E-state index in [1.807, 2.05) is 37.8 Å². The second kappa shape index (κ2) is 9.03. The molecule has 3 aromatic rings. The molecule has 3 heterocycles. The van der Waals surface area contributed by atoms with Gasteiger partial charge in [0.1, 0.15) is 18.0 Å². The Labute approximate surface area is 222 Å². The predicted octanol–water partition coefficient (Wildman–Crippen LogP) is 6.95. The van der Waals surface area contributed by atoms with E-state index < -0.39 is 5.60 Å². The summed E-state index contributed by atoms with van der Waals surface area (Å²) < 4.78 is 17.3. The second-order valence-corrected chi connectivity index (χ2v) is 11.6. The van der Waals surface area contributed by atoms with Crippen molar-refractivity contribution in [3.05, 3.63) is 58.6 Å². The Balaban J connectivity index is 1.33. The Morgan fingerprint density at radius 1 is 1.16 bits per heavy atom. The van der Waals surface area contributed by atoms with E-state index in [9.17, 15) is 4.79 Å². The molecule has 1 fully saturated rings. The van der Waals surface area contributed by atoms with E-state index in [4.69, 9.17) is 30.8 Å². The van der Waals surface area contributed by atoms with Crippen LogP contribution in [0.2, 0.25) is 5.02 Å². The van der Waals surface area contributed by atoms with Gasteiger partial charge in [-0.2, -0.15) is 0 Å². The van der Waals surface area contributed by atoms with Gasteiger partial charge in [0.15, 0.2) is 0 Å². The Morgan fingerprint density at radius 2 is 2.00 bits per heavy atom. The van der Waals surface area contributed by atoms with Crippen molar-refractivity contribution >= 4 is 39.9 Å². The van der Waals surface area contributed by atoms with Crippen LogP contribution in [-0.2, 0) is 22.5 Å². The lowest BCUT2D eigenvalue weighted by atomic mass is 9.91. The molecule has 6 nitrogen and oxygen atoms in total. The lowest BCUT2D eigenvalue weighted by molar-refractivity contribution is 0.0252. The van der Waals surface area contributed by atoms with Gasteiger partial charge in [0, 0.05) is 42.3 Å². The third kappa shape index (κ3) is 4.47. The van der Waals surface area contributed by atoms with Crippen LogP contribution in [0.25, 0.3) is 21.9 Å². The molecule has 1 saturated heterocycles. The summed E-state index contributed by atoms with van der Waals surface area (Å²) in [7, 11) is 1.70. The molecule has 0 unspecified atom stereocenters. The van der Waals surface area contributed by atoms with Gasteiger partial charge in [-0.1, -0.05) is 23.7 Å². The first-order valence-electron chi connectivity index (χ1n) is 12.8. The summed E-state index contributed by atoms with van der Waals surface area (Å²) in [5, 5.41) is 3.00. The van der Waals surface area contributed by atoms with Crippen LogP contribution >= 0.6 is 11.6 Å². The van der Waals surface area contributed by atoms with Crippen molar-refractivity contribution in [3.8, 4) is 16.9 Å². The number of halogens is 1. The van der Waals surface area contributed by atoms with Gasteiger partial charge in [0.05, 0.1) is 18.3 Å². The van der Waals surface area contributed by atoms with E-state index in [1.54, 1.807) is 7.11 Å². The Kier molecular flexibility index (Phi) is 5.92. The fourth-order valence-corrected chi connectivity index (χ4v) is 6.00. The number of fused-ring (bicyclic) bond motifs is 6. The van der Waals surface area contributed by atoms with E-state index in [-0.39, 0.29) is 18.1 Å². The summed E-state index contributed by atoms with van der Waals surface area (Å²) in [6.45, 7) is 7.40. The van der Waals surface area contributed by atoms with Crippen LogP contribution in [0.5, 0.6) is 5.75 Å². The molecule has 0 aromatic heterocycles. The second-order valence-electron chi connectivity index (χ2n) is 11.2. The zero-order valence-corrected chi connectivity index (χ0v) is 22.4. The number of ether oxygens (including phenoxy) is 3. The number of rotatable bonds is 3. The molecule has 3 aliphatic rings. The van der Waals surface area contributed by atoms with Crippen LogP contribution in [0.4, 0.5) is 10.5 Å². The van der Waals surface area contributed by atoms with Crippen molar-refractivity contribution in [2.45, 2.75) is 51.9 Å². The first-order chi connectivity index (χ1) is 17.7. The Hall–Kier alpha value is -3.09. The minimum Gasteiger partial charge on any atom is -0.488 e. The molecular weight excluding hydrogens is 488 g/mol. The fourth-order valence-electron chi connectivity index (χ4n) is 5.81. The maximum absolute atomic E-state index is 13.1. The van der Waals surface area contributed by atoms with Crippen LogP contribution < -0.4 is 4.74 Å². The smallest absolute Gasteiger partial charge is 0.410 e. The zero-order chi connectivity index (χ0) is 25.9. The number of benzene rings is 3. The highest BCUT2D eigenvalue weighted by Crippen LogP contribution is 2.44. The minimum absolute atomic E-state index is 0.108. The molecule has 0 spiro atoms. The third-order valence-electron chi connectivity index (χ3n) is 7.37. The molecule has 0 N–H and O–H groups in total. The number of likely N-dealkylation sites (tertiary alicyclic amines) is 1. The molecule has 2 atom stereocenters. The highest BCUT2D eigenvalue weighted by Gasteiger charge is 2.41. The standard InChI is InChI=1S/C30H31ClN2O4/c1-30(2,3)37-29(34)33-14-17(15-35-4)9-27(33)26-12-23-22-13-28-24(11-18(22)5-8-25(23)32-26)21-7-6-20(31)10-19(21)16-36-28/h5-8,10-11,13,17,27H,9,12,14-16H2,1-4H3/t17-,27-/m0/s1. The van der Waals surface area contributed by atoms with Gasteiger partial charge in [-0.05, 0) is 85.0 Å². The van der Waals surface area contributed by atoms with Crippen LogP contribution in [0.1, 0.15) is 38.3 Å². The summed E-state index contributed by atoms with van der Waals surface area (Å²) in [5.74, 6) is 1.13. The maximum atomic E-state index is 13.1. The molecule has 6 rings (SSSR count). The third-order valence-corrected chi connectivity index (χ3v) is 7.61. The number of hydrogen-bond acceptors (Lipinski definition) is 5. The van der Waals surface area contributed by atoms with Gasteiger partial charge in [-0.3, -0.25) is 9.89 Å². The van der Waals surface area contributed by atoms with E-state index in [0.29, 0.717) is 31.2 Å². The van der Waals surface area contributed by atoms with Gasteiger partial charge >= 0.3 is 6.09 Å². The number of carbonyl (C=O) groups excluding carboxylic acids is 1. The molecule has 192 valence electrons. The van der Waals surface area contributed by atoms with Gasteiger partial charge in [0.25, 0.3) is 0 Å². The number of carbonyl (C=O) groups is 1. The number of amides is 1. The predicted molar refractivity (Wildman–Crippen MR) is 146 cm³/mol. The number of methoxy groups -OCH3 is 1. The van der Waals surface area contributed by atoms with E-state index in [1.165, 1.54) is 5.56 Å². The van der Waals surface area contributed by atoms with Crippen molar-refractivity contribution in [2.75, 3.05) is 20.3 Å². The molecule has 1 amide bonds. The Morgan fingerprint density at radius 3 is 2.78 bits per heavy atom. The average Bonchev–Trinajstić information content (AvgIpc) is 3.46. The summed E-state index contributed by atoms with van der Waals surface area (Å²) in [6.07, 6.45) is 1.22. The molecule has 0 radical (unpaired) electrons. The van der Waals surface area contributed by atoms with Gasteiger partial charge in [-0.25, -0.2) is 4.79 Å². The van der Waals surface area contributed by atoms with Crippen LogP contribution in [-0.4, -0.2) is 48.6 Å². The lowest BCUT2D eigenvalue weighted by Gasteiger charge is -2.28. The molecule has 3 aliphatic heterocycles. The van der Waals surface area contributed by atoms with E-state index in [0.717, 1.165) is 51.0 Å². The van der Waals surface area contributed by atoms with Crippen LogP contribution in [0, 0.1) is 5.92 Å². The molecular formula is C30H31ClN2O4.